The molecule has 1 aliphatic rings. The van der Waals surface area contributed by atoms with Gasteiger partial charge in [-0.1, -0.05) is 18.2 Å². The fraction of sp³-hybridized carbons (Fsp3) is 0.250. The third-order valence-electron chi connectivity index (χ3n) is 4.41. The molecule has 1 amide bonds. The van der Waals surface area contributed by atoms with Crippen LogP contribution in [0.25, 0.3) is 0 Å². The van der Waals surface area contributed by atoms with Crippen molar-refractivity contribution in [1.29, 1.82) is 0 Å². The van der Waals surface area contributed by atoms with E-state index < -0.39 is 18.1 Å². The molecule has 1 atom stereocenters. The predicted octanol–water partition coefficient (Wildman–Crippen LogP) is 3.23. The van der Waals surface area contributed by atoms with Crippen molar-refractivity contribution in [2.75, 3.05) is 6.73 Å². The van der Waals surface area contributed by atoms with Crippen LogP contribution in [0.3, 0.4) is 0 Å². The molecule has 0 saturated carbocycles. The van der Waals surface area contributed by atoms with Gasteiger partial charge in [0, 0.05) is 17.5 Å². The molecule has 7 nitrogen and oxygen atoms in total. The first-order valence-corrected chi connectivity index (χ1v) is 8.61. The summed E-state index contributed by atoms with van der Waals surface area (Å²) in [5, 5.41) is 9.04. The van der Waals surface area contributed by atoms with Gasteiger partial charge in [-0.05, 0) is 36.8 Å². The molecule has 0 radical (unpaired) electrons. The Morgan fingerprint density at radius 1 is 1.18 bits per heavy atom. The van der Waals surface area contributed by atoms with Crippen LogP contribution in [0.2, 0.25) is 0 Å². The maximum absolute atomic E-state index is 13.6. The van der Waals surface area contributed by atoms with E-state index in [2.05, 4.69) is 0 Å². The van der Waals surface area contributed by atoms with Crippen LogP contribution in [0.15, 0.2) is 48.5 Å². The van der Waals surface area contributed by atoms with E-state index in [0.29, 0.717) is 16.9 Å². The van der Waals surface area contributed by atoms with Crippen LogP contribution in [0, 0.1) is 5.82 Å². The smallest absolute Gasteiger partial charge is 0.410 e. The minimum absolute atomic E-state index is 0.00101. The Morgan fingerprint density at radius 3 is 2.57 bits per heavy atom. The summed E-state index contributed by atoms with van der Waals surface area (Å²) >= 11 is 0. The summed E-state index contributed by atoms with van der Waals surface area (Å²) in [4.78, 5) is 35.9. The number of amides is 1. The third-order valence-corrected chi connectivity index (χ3v) is 4.41. The van der Waals surface area contributed by atoms with Crippen LogP contribution in [0.1, 0.15) is 28.8 Å². The van der Waals surface area contributed by atoms with Crippen molar-refractivity contribution < 1.29 is 33.4 Å². The van der Waals surface area contributed by atoms with E-state index in [1.807, 2.05) is 0 Å². The molecule has 2 aromatic carbocycles. The van der Waals surface area contributed by atoms with Crippen molar-refractivity contribution in [2.24, 2.45) is 0 Å². The molecular weight excluding hydrogens is 369 g/mol. The number of carbonyl (C=O) groups excluding carboxylic acids is 2. The number of ether oxygens (including phenoxy) is 2. The van der Waals surface area contributed by atoms with Crippen LogP contribution in [0.4, 0.5) is 9.18 Å². The quantitative estimate of drug-likeness (QED) is 0.579. The third kappa shape index (κ3) is 4.46. The van der Waals surface area contributed by atoms with Gasteiger partial charge >= 0.3 is 12.1 Å². The van der Waals surface area contributed by atoms with E-state index in [4.69, 9.17) is 14.6 Å². The molecule has 2 aromatic rings. The maximum atomic E-state index is 13.6. The fourth-order valence-electron chi connectivity index (χ4n) is 2.83. The number of Topliss-reactive ketones (excluding diaryl/α,β-unsaturated/α-hetero) is 1. The highest BCUT2D eigenvalue weighted by molar-refractivity contribution is 5.96. The number of nitrogens with zero attached hydrogens (tertiary/aromatic N) is 1. The van der Waals surface area contributed by atoms with E-state index in [9.17, 15) is 18.8 Å². The summed E-state index contributed by atoms with van der Waals surface area (Å²) in [6.45, 7) is -0.254. The number of halogens is 1. The molecule has 146 valence electrons. The molecule has 0 bridgehead atoms. The number of benzene rings is 2. The van der Waals surface area contributed by atoms with Gasteiger partial charge in [0.15, 0.2) is 12.5 Å². The number of hydrogen-bond acceptors (Lipinski definition) is 5. The highest BCUT2D eigenvalue weighted by atomic mass is 19.1. The van der Waals surface area contributed by atoms with Gasteiger partial charge in [0.2, 0.25) is 0 Å². The summed E-state index contributed by atoms with van der Waals surface area (Å²) in [5.41, 5.74) is 0.834. The van der Waals surface area contributed by atoms with E-state index in [1.54, 1.807) is 42.5 Å². The van der Waals surface area contributed by atoms with Gasteiger partial charge in [0.1, 0.15) is 24.2 Å². The molecule has 3 rings (SSSR count). The molecule has 0 aliphatic carbocycles. The zero-order valence-corrected chi connectivity index (χ0v) is 14.8. The topological polar surface area (TPSA) is 93.1 Å². The Labute approximate surface area is 160 Å². The van der Waals surface area contributed by atoms with Crippen molar-refractivity contribution in [3.8, 4) is 5.75 Å². The monoisotopic (exact) mass is 387 g/mol. The number of rotatable bonds is 7. The van der Waals surface area contributed by atoms with Gasteiger partial charge in [0.25, 0.3) is 0 Å². The predicted molar refractivity (Wildman–Crippen MR) is 95.3 cm³/mol. The van der Waals surface area contributed by atoms with Gasteiger partial charge in [-0.15, -0.1) is 0 Å². The number of hydrogen-bond donors (Lipinski definition) is 1. The number of carboxylic acid groups (broad SMARTS) is 1. The van der Waals surface area contributed by atoms with Gasteiger partial charge < -0.3 is 14.6 Å². The SMILES string of the molecule is O=C(CC[C@H]1C(=O)OCN1C(=O)O)c1ccc(OCc2ccccc2F)cc1. The number of carbonyl (C=O) groups is 3. The highest BCUT2D eigenvalue weighted by Gasteiger charge is 2.37. The Morgan fingerprint density at radius 2 is 1.89 bits per heavy atom. The standard InChI is InChI=1S/C20H18FNO6/c21-16-4-2-1-3-14(16)11-27-15-7-5-13(6-8-15)18(23)10-9-17-19(24)28-12-22(17)20(25)26/h1-8,17H,9-12H2,(H,25,26)/t17-/m0/s1. The number of esters is 1. The Balaban J connectivity index is 1.54. The highest BCUT2D eigenvalue weighted by Crippen LogP contribution is 2.20. The van der Waals surface area contributed by atoms with Crippen molar-refractivity contribution >= 4 is 17.8 Å². The van der Waals surface area contributed by atoms with Gasteiger partial charge in [-0.3, -0.25) is 9.69 Å². The minimum Gasteiger partial charge on any atom is -0.489 e. The van der Waals surface area contributed by atoms with Crippen molar-refractivity contribution in [1.82, 2.24) is 4.90 Å². The lowest BCUT2D eigenvalue weighted by molar-refractivity contribution is -0.139. The van der Waals surface area contributed by atoms with E-state index >= 15 is 0 Å². The molecule has 1 N–H and O–H groups in total. The molecule has 28 heavy (non-hydrogen) atoms. The van der Waals surface area contributed by atoms with Crippen molar-refractivity contribution in [3.63, 3.8) is 0 Å². The molecule has 1 saturated heterocycles. The molecular formula is C20H18FNO6. The first-order chi connectivity index (χ1) is 13.5. The summed E-state index contributed by atoms with van der Waals surface area (Å²) in [5.74, 6) is -0.746. The maximum Gasteiger partial charge on any atom is 0.410 e. The zero-order valence-electron chi connectivity index (χ0n) is 14.8. The first kappa shape index (κ1) is 19.3. The lowest BCUT2D eigenvalue weighted by atomic mass is 10.0. The molecule has 1 aliphatic heterocycles. The summed E-state index contributed by atoms with van der Waals surface area (Å²) in [6.07, 6.45) is -1.21. The second kappa shape index (κ2) is 8.51. The minimum atomic E-state index is -1.26. The summed E-state index contributed by atoms with van der Waals surface area (Å²) < 4.78 is 23.8. The first-order valence-electron chi connectivity index (χ1n) is 8.61. The van der Waals surface area contributed by atoms with Crippen LogP contribution >= 0.6 is 0 Å². The Hall–Kier alpha value is -3.42. The second-order valence-corrected chi connectivity index (χ2v) is 6.23. The van der Waals surface area contributed by atoms with E-state index in [1.165, 1.54) is 6.07 Å². The Kier molecular flexibility index (Phi) is 5.88. The van der Waals surface area contributed by atoms with E-state index in [-0.39, 0.29) is 37.8 Å². The average Bonchev–Trinajstić information content (AvgIpc) is 3.06. The number of cyclic esters (lactones) is 1. The van der Waals surface area contributed by atoms with Crippen LogP contribution < -0.4 is 4.74 Å². The zero-order chi connectivity index (χ0) is 20.1. The van der Waals surface area contributed by atoms with Crippen LogP contribution in [-0.2, 0) is 16.1 Å². The fourth-order valence-corrected chi connectivity index (χ4v) is 2.83. The molecule has 8 heteroatoms. The van der Waals surface area contributed by atoms with Crippen LogP contribution in [0.5, 0.6) is 5.75 Å². The van der Waals surface area contributed by atoms with Crippen LogP contribution in [-0.4, -0.2) is 40.6 Å². The summed E-state index contributed by atoms with van der Waals surface area (Å²) in [7, 11) is 0. The second-order valence-electron chi connectivity index (χ2n) is 6.23. The Bertz CT molecular complexity index is 883. The molecule has 1 heterocycles. The normalized spacial score (nSPS) is 16.0. The van der Waals surface area contributed by atoms with Gasteiger partial charge in [-0.25, -0.2) is 14.0 Å². The summed E-state index contributed by atoms with van der Waals surface area (Å²) in [6, 6.07) is 11.7. The van der Waals surface area contributed by atoms with E-state index in [0.717, 1.165) is 4.90 Å². The average molecular weight is 387 g/mol. The van der Waals surface area contributed by atoms with Crippen molar-refractivity contribution in [2.45, 2.75) is 25.5 Å². The van der Waals surface area contributed by atoms with Gasteiger partial charge in [0.05, 0.1) is 0 Å². The molecule has 0 aromatic heterocycles. The molecule has 0 unspecified atom stereocenters. The molecule has 0 spiro atoms. The number of ketones is 1. The molecule has 1 fully saturated rings. The van der Waals surface area contributed by atoms with Gasteiger partial charge in [-0.2, -0.15) is 0 Å². The lowest BCUT2D eigenvalue weighted by Crippen LogP contribution is -2.37. The van der Waals surface area contributed by atoms with Crippen molar-refractivity contribution in [3.05, 3.63) is 65.5 Å². The lowest BCUT2D eigenvalue weighted by Gasteiger charge is -2.15. The largest absolute Gasteiger partial charge is 0.489 e.